The summed E-state index contributed by atoms with van der Waals surface area (Å²) in [4.78, 5) is 60.5. The highest BCUT2D eigenvalue weighted by molar-refractivity contribution is 5.97. The molecule has 1 saturated heterocycles. The molecule has 11 fully saturated rings. The Hall–Kier alpha value is -2.49. The first-order valence-corrected chi connectivity index (χ1v) is 23.9. The number of ether oxygens (including phenoxy) is 4. The number of hydrogen-bond donors (Lipinski definition) is 1. The van der Waals surface area contributed by atoms with Crippen LogP contribution in [0.25, 0.3) is 0 Å². The molecular weight excluding hydrogens is 761 g/mol. The Bertz CT molecular complexity index is 1650. The molecule has 1 aliphatic heterocycles. The van der Waals surface area contributed by atoms with Crippen LogP contribution in [-0.4, -0.2) is 57.9 Å². The van der Waals surface area contributed by atoms with Gasteiger partial charge in [-0.15, -0.1) is 0 Å². The minimum absolute atomic E-state index is 0.00857. The molecule has 0 aromatic carbocycles. The zero-order valence-electron chi connectivity index (χ0n) is 38.9. The van der Waals surface area contributed by atoms with Crippen LogP contribution in [0.1, 0.15) is 185 Å². The molecule has 10 heteroatoms. The second kappa shape index (κ2) is 15.6. The van der Waals surface area contributed by atoms with E-state index in [0.717, 1.165) is 62.7 Å². The standard InChI is InChI=1S/C19H32O2.C16H26O3.C15H20O5/c1-6-17(2,3)16(20)21-18(4,5)19-10-13-7-14(11-19)9-15(8-13)12-19;1-4-14(2,3)13(17)19-16-8-11-5-12(9-16)7-15(18,6-11)10-16;1-4-15(2,3)14(18)19-9-6-7-5-8(9)11-10(7)12(16)20-13(11)17/h13-15H,6-12H2,1-5H3;11-12,18H,4-10H2,1-3H3;7-11H,4-6H2,1-3H3. The van der Waals surface area contributed by atoms with Crippen molar-refractivity contribution in [3.8, 4) is 0 Å². The van der Waals surface area contributed by atoms with E-state index in [1.807, 2.05) is 55.4 Å². The van der Waals surface area contributed by atoms with Crippen molar-refractivity contribution < 1.29 is 48.0 Å². The second-order valence-corrected chi connectivity index (χ2v) is 24.2. The summed E-state index contributed by atoms with van der Waals surface area (Å²) in [6.07, 6.45) is 17.4. The normalized spacial score (nSPS) is 40.5. The van der Waals surface area contributed by atoms with Gasteiger partial charge in [0, 0.05) is 17.8 Å². The van der Waals surface area contributed by atoms with E-state index in [2.05, 4.69) is 20.8 Å². The first-order valence-electron chi connectivity index (χ1n) is 23.9. The van der Waals surface area contributed by atoms with Gasteiger partial charge in [0.1, 0.15) is 17.3 Å². The Morgan fingerprint density at radius 2 is 1.08 bits per heavy atom. The third kappa shape index (κ3) is 8.35. The van der Waals surface area contributed by atoms with Gasteiger partial charge < -0.3 is 24.1 Å². The lowest BCUT2D eigenvalue weighted by molar-refractivity contribution is -0.225. The van der Waals surface area contributed by atoms with Crippen LogP contribution in [0.2, 0.25) is 0 Å². The number of cyclic esters (lactones) is 2. The maximum Gasteiger partial charge on any atom is 0.317 e. The van der Waals surface area contributed by atoms with Crippen molar-refractivity contribution in [3.05, 3.63) is 0 Å². The van der Waals surface area contributed by atoms with E-state index < -0.39 is 22.4 Å². The molecule has 10 nitrogen and oxygen atoms in total. The van der Waals surface area contributed by atoms with E-state index in [1.165, 1.54) is 44.9 Å². The third-order valence-corrected chi connectivity index (χ3v) is 18.2. The van der Waals surface area contributed by atoms with Crippen molar-refractivity contribution in [2.75, 3.05) is 0 Å². The maximum absolute atomic E-state index is 12.6. The van der Waals surface area contributed by atoms with Gasteiger partial charge in [-0.25, -0.2) is 0 Å². The van der Waals surface area contributed by atoms with Crippen molar-refractivity contribution >= 4 is 29.8 Å². The monoisotopic (exact) mass is 839 g/mol. The van der Waals surface area contributed by atoms with E-state index in [-0.39, 0.29) is 75.7 Å². The average Bonchev–Trinajstić information content (AvgIpc) is 3.81. The third-order valence-electron chi connectivity index (χ3n) is 18.2. The zero-order chi connectivity index (χ0) is 44.0. The first-order chi connectivity index (χ1) is 27.8. The maximum atomic E-state index is 12.6. The van der Waals surface area contributed by atoms with Gasteiger partial charge in [-0.05, 0) is 194 Å². The predicted molar refractivity (Wildman–Crippen MR) is 226 cm³/mol. The number of aliphatic hydroxyl groups is 1. The molecule has 0 spiro atoms. The molecule has 11 aliphatic rings. The highest BCUT2D eigenvalue weighted by atomic mass is 16.6. The first kappa shape index (κ1) is 45.5. The van der Waals surface area contributed by atoms with Crippen LogP contribution in [0.3, 0.4) is 0 Å². The minimum Gasteiger partial charge on any atom is -0.462 e. The molecule has 0 radical (unpaired) electrons. The van der Waals surface area contributed by atoms with Gasteiger partial charge in [-0.2, -0.15) is 0 Å². The van der Waals surface area contributed by atoms with Crippen LogP contribution in [0.15, 0.2) is 0 Å². The van der Waals surface area contributed by atoms with E-state index in [4.69, 9.17) is 18.9 Å². The van der Waals surface area contributed by atoms with Crippen molar-refractivity contribution in [2.45, 2.75) is 208 Å². The van der Waals surface area contributed by atoms with Gasteiger partial charge in [0.2, 0.25) is 0 Å². The summed E-state index contributed by atoms with van der Waals surface area (Å²) in [6.45, 7) is 22.0. The van der Waals surface area contributed by atoms with Gasteiger partial charge in [0.25, 0.3) is 0 Å². The number of rotatable bonds is 10. The fourth-order valence-corrected chi connectivity index (χ4v) is 14.0. The van der Waals surface area contributed by atoms with Crippen LogP contribution >= 0.6 is 0 Å². The highest BCUT2D eigenvalue weighted by Crippen LogP contribution is 2.65. The molecule has 10 saturated carbocycles. The second-order valence-electron chi connectivity index (χ2n) is 24.2. The van der Waals surface area contributed by atoms with E-state index in [9.17, 15) is 29.1 Å². The summed E-state index contributed by atoms with van der Waals surface area (Å²) in [7, 11) is 0. The molecule has 7 atom stereocenters. The number of carbonyl (C=O) groups excluding carboxylic acids is 5. The molecule has 0 aromatic heterocycles. The lowest BCUT2D eigenvalue weighted by atomic mass is 9.46. The van der Waals surface area contributed by atoms with Crippen LogP contribution in [0, 0.1) is 74.9 Å². The fourth-order valence-electron chi connectivity index (χ4n) is 14.0. The minimum atomic E-state index is -0.555. The number of hydrogen-bond acceptors (Lipinski definition) is 10. The largest absolute Gasteiger partial charge is 0.462 e. The molecule has 60 heavy (non-hydrogen) atoms. The fraction of sp³-hybridized carbons (Fsp3) is 0.900. The Balaban J connectivity index is 0.000000136. The number of esters is 5. The van der Waals surface area contributed by atoms with Gasteiger partial charge >= 0.3 is 29.8 Å². The van der Waals surface area contributed by atoms with Crippen LogP contribution in [0.5, 0.6) is 0 Å². The molecule has 10 aliphatic carbocycles. The molecule has 0 aromatic rings. The molecular formula is C50H78O10. The number of carbonyl (C=O) groups is 5. The van der Waals surface area contributed by atoms with Crippen LogP contribution in [-0.2, 0) is 42.9 Å². The van der Waals surface area contributed by atoms with Gasteiger partial charge in [0.05, 0.1) is 33.7 Å². The summed E-state index contributed by atoms with van der Waals surface area (Å²) in [5.41, 5.74) is -2.25. The topological polar surface area (TPSA) is 143 Å². The quantitative estimate of drug-likeness (QED) is 0.128. The van der Waals surface area contributed by atoms with Gasteiger partial charge in [-0.1, -0.05) is 20.8 Å². The molecule has 10 bridgehead atoms. The summed E-state index contributed by atoms with van der Waals surface area (Å²) in [5.74, 6) is 2.10. The van der Waals surface area contributed by atoms with Crippen molar-refractivity contribution in [2.24, 2.45) is 74.9 Å². The summed E-state index contributed by atoms with van der Waals surface area (Å²) < 4.78 is 22.5. The molecule has 1 heterocycles. The molecule has 1 N–H and O–H groups in total. The Morgan fingerprint density at radius 3 is 1.58 bits per heavy atom. The molecule has 11 rings (SSSR count). The Morgan fingerprint density at radius 1 is 0.617 bits per heavy atom. The summed E-state index contributed by atoms with van der Waals surface area (Å²) in [6, 6.07) is 0. The van der Waals surface area contributed by atoms with Gasteiger partial charge in [-0.3, -0.25) is 24.0 Å². The molecule has 338 valence electrons. The average molecular weight is 839 g/mol. The predicted octanol–water partition coefficient (Wildman–Crippen LogP) is 9.70. The van der Waals surface area contributed by atoms with Crippen molar-refractivity contribution in [1.29, 1.82) is 0 Å². The Kier molecular flexibility index (Phi) is 11.9. The summed E-state index contributed by atoms with van der Waals surface area (Å²) >= 11 is 0. The highest BCUT2D eigenvalue weighted by Gasteiger charge is 2.65. The number of fused-ring (bicyclic) bond motifs is 5. The summed E-state index contributed by atoms with van der Waals surface area (Å²) in [5, 5.41) is 10.6. The van der Waals surface area contributed by atoms with Crippen LogP contribution < -0.4 is 0 Å². The SMILES string of the molecule is CCC(C)(C)C(=O)OC(C)(C)C12CC3CC(CC(C3)C1)C2.CCC(C)(C)C(=O)OC12CC3CC(CC(O)(C3)C1)C2.CCC(C)(C)C(=O)OC1CC2CC1C1C(=O)OC(=O)C21. The van der Waals surface area contributed by atoms with E-state index in [0.29, 0.717) is 31.1 Å². The van der Waals surface area contributed by atoms with Crippen molar-refractivity contribution in [1.82, 2.24) is 0 Å². The van der Waals surface area contributed by atoms with Crippen molar-refractivity contribution in [3.63, 3.8) is 0 Å². The van der Waals surface area contributed by atoms with Crippen LogP contribution in [0.4, 0.5) is 0 Å². The molecule has 0 amide bonds. The lowest BCUT2D eigenvalue weighted by Gasteiger charge is -2.61. The molecule has 7 unspecified atom stereocenters. The Labute approximate surface area is 360 Å². The smallest absolute Gasteiger partial charge is 0.317 e. The zero-order valence-corrected chi connectivity index (χ0v) is 38.9. The van der Waals surface area contributed by atoms with Gasteiger partial charge in [0.15, 0.2) is 0 Å². The van der Waals surface area contributed by atoms with E-state index >= 15 is 0 Å². The van der Waals surface area contributed by atoms with E-state index in [1.54, 1.807) is 0 Å². The lowest BCUT2D eigenvalue weighted by Crippen LogP contribution is -2.61.